The fraction of sp³-hybridized carbons (Fsp3) is 0.130. The van der Waals surface area contributed by atoms with Crippen molar-refractivity contribution >= 4 is 77.9 Å². The number of carboxylic acids is 1. The monoisotopic (exact) mass is 778 g/mol. The Kier molecular flexibility index (Phi) is 6.75. The van der Waals surface area contributed by atoms with Crippen LogP contribution in [-0.2, 0) is 15.6 Å². The van der Waals surface area contributed by atoms with E-state index in [0.717, 1.165) is 59.7 Å². The molecule has 0 saturated carbocycles. The number of nitrogens with zero attached hydrogens (tertiary/aromatic N) is 2. The number of carboxylic acid groups (broad SMARTS) is 1. The van der Waals surface area contributed by atoms with Gasteiger partial charge in [-0.1, -0.05) is 119 Å². The van der Waals surface area contributed by atoms with Crippen molar-refractivity contribution in [1.29, 1.82) is 0 Å². The van der Waals surface area contributed by atoms with Gasteiger partial charge in [0.1, 0.15) is 6.54 Å². The van der Waals surface area contributed by atoms with Gasteiger partial charge in [-0.05, 0) is 131 Å². The minimum absolute atomic E-state index is 0.200. The van der Waals surface area contributed by atoms with Gasteiger partial charge in [0.25, 0.3) is 11.8 Å². The highest BCUT2D eigenvalue weighted by Crippen LogP contribution is 2.54. The van der Waals surface area contributed by atoms with Gasteiger partial charge in [-0.2, -0.15) is 0 Å². The molecule has 12 rings (SSSR count). The summed E-state index contributed by atoms with van der Waals surface area (Å²) in [4.78, 5) is 42.6. The number of benzene rings is 9. The second kappa shape index (κ2) is 11.7. The second-order valence-electron chi connectivity index (χ2n) is 17.7. The first-order valence-corrected chi connectivity index (χ1v) is 20.5. The summed E-state index contributed by atoms with van der Waals surface area (Å²) in [7, 11) is 0. The Morgan fingerprint density at radius 3 is 1.55 bits per heavy atom. The molecular formula is C54H38N2O4. The predicted octanol–water partition coefficient (Wildman–Crippen LogP) is 12.5. The van der Waals surface area contributed by atoms with Crippen molar-refractivity contribution in [2.45, 2.75) is 38.5 Å². The molecule has 6 heteroatoms. The zero-order chi connectivity index (χ0) is 41.0. The van der Waals surface area contributed by atoms with E-state index in [1.165, 1.54) is 44.5 Å². The molecule has 0 bridgehead atoms. The van der Waals surface area contributed by atoms with E-state index in [2.05, 4.69) is 148 Å². The normalized spacial score (nSPS) is 15.5. The number of carbonyl (C=O) groups excluding carboxylic acids is 2. The first-order valence-electron chi connectivity index (χ1n) is 20.5. The van der Waals surface area contributed by atoms with E-state index in [1.54, 1.807) is 12.1 Å². The van der Waals surface area contributed by atoms with E-state index in [4.69, 9.17) is 0 Å². The largest absolute Gasteiger partial charge is 0.480 e. The Morgan fingerprint density at radius 1 is 0.483 bits per heavy atom. The topological polar surface area (TPSA) is 77.9 Å². The molecule has 1 aliphatic heterocycles. The summed E-state index contributed by atoms with van der Waals surface area (Å²) in [6, 6.07) is 49.6. The molecule has 6 nitrogen and oxygen atoms in total. The van der Waals surface area contributed by atoms with E-state index in [1.807, 2.05) is 12.1 Å². The van der Waals surface area contributed by atoms with Gasteiger partial charge in [0.15, 0.2) is 0 Å². The van der Waals surface area contributed by atoms with Gasteiger partial charge in [-0.15, -0.1) is 0 Å². The number of carbonyl (C=O) groups is 3. The lowest BCUT2D eigenvalue weighted by Gasteiger charge is -2.30. The Hall–Kier alpha value is -7.31. The number of fused-ring (bicyclic) bond motifs is 8. The number of anilines is 3. The number of aliphatic carboxylic acids is 1. The summed E-state index contributed by atoms with van der Waals surface area (Å²) >= 11 is 0. The highest BCUT2D eigenvalue weighted by molar-refractivity contribution is 6.38. The van der Waals surface area contributed by atoms with Crippen LogP contribution < -0.4 is 4.90 Å². The number of hydrogen-bond donors (Lipinski definition) is 1. The Balaban J connectivity index is 1.13. The molecular weight excluding hydrogens is 741 g/mol. The van der Waals surface area contributed by atoms with Crippen molar-refractivity contribution in [3.63, 3.8) is 0 Å². The molecule has 2 amide bonds. The van der Waals surface area contributed by atoms with Gasteiger partial charge in [-0.25, -0.2) is 0 Å². The maximum absolute atomic E-state index is 13.8. The van der Waals surface area contributed by atoms with Crippen molar-refractivity contribution in [3.05, 3.63) is 173 Å². The second-order valence-corrected chi connectivity index (χ2v) is 17.7. The lowest BCUT2D eigenvalue weighted by molar-refractivity contribution is -0.137. The molecule has 0 aromatic heterocycles. The fourth-order valence-electron chi connectivity index (χ4n) is 11.1. The molecule has 9 aromatic carbocycles. The predicted molar refractivity (Wildman–Crippen MR) is 240 cm³/mol. The maximum Gasteiger partial charge on any atom is 0.323 e. The fourth-order valence-corrected chi connectivity index (χ4v) is 11.1. The van der Waals surface area contributed by atoms with Gasteiger partial charge < -0.3 is 10.0 Å². The van der Waals surface area contributed by atoms with Crippen LogP contribution in [0.2, 0.25) is 0 Å². The third-order valence-corrected chi connectivity index (χ3v) is 13.9. The van der Waals surface area contributed by atoms with Crippen LogP contribution >= 0.6 is 0 Å². The molecule has 3 aliphatic rings. The van der Waals surface area contributed by atoms with Crippen LogP contribution in [0.1, 0.15) is 70.7 Å². The first kappa shape index (κ1) is 34.7. The molecule has 0 saturated heterocycles. The Labute approximate surface area is 346 Å². The molecule has 60 heavy (non-hydrogen) atoms. The summed E-state index contributed by atoms with van der Waals surface area (Å²) in [6.45, 7) is 8.56. The minimum atomic E-state index is -1.24. The van der Waals surface area contributed by atoms with Crippen molar-refractivity contribution in [1.82, 2.24) is 4.90 Å². The minimum Gasteiger partial charge on any atom is -0.480 e. The van der Waals surface area contributed by atoms with E-state index in [9.17, 15) is 19.5 Å². The van der Waals surface area contributed by atoms with Gasteiger partial charge in [-0.3, -0.25) is 19.3 Å². The van der Waals surface area contributed by atoms with Gasteiger partial charge in [0.05, 0.1) is 0 Å². The zero-order valence-corrected chi connectivity index (χ0v) is 33.6. The van der Waals surface area contributed by atoms with E-state index < -0.39 is 24.3 Å². The Morgan fingerprint density at radius 2 is 0.983 bits per heavy atom. The summed E-state index contributed by atoms with van der Waals surface area (Å²) in [6.07, 6.45) is 0. The Bertz CT molecular complexity index is 3320. The number of amides is 2. The SMILES string of the molecule is CC1(C)c2ccccc2-c2ccc(N(c3ccc4c(c3)C(C)(C)c3ccccc3-4)c3cc4cccc5c6ccc7c8c(ccc(c(c3)c45)c86)C(=O)N(CC(=O)O)C7=O)cc21. The average Bonchev–Trinajstić information content (AvgIpc) is 3.62. The maximum atomic E-state index is 13.8. The van der Waals surface area contributed by atoms with E-state index in [0.29, 0.717) is 16.5 Å². The number of rotatable bonds is 5. The zero-order valence-electron chi connectivity index (χ0n) is 33.6. The standard InChI is InChI=1S/C54H38N2O4/c1-53(2)43-14-7-5-11-33(43)35-18-16-30(26-45(35)53)56(31-17-19-36-34-12-6-8-15-44(34)54(3,4)46(36)27-31)32-24-29-10-9-13-37-38-20-22-40-50-41(52(60)55(51(40)59)28-47(57)58)23-21-39(49(38)50)42(25-32)48(29)37/h5-27H,28H2,1-4H3,(H,57,58). The molecule has 0 radical (unpaired) electrons. The lowest BCUT2D eigenvalue weighted by atomic mass is 9.82. The van der Waals surface area contributed by atoms with Crippen LogP contribution in [-0.4, -0.2) is 34.3 Å². The van der Waals surface area contributed by atoms with Crippen molar-refractivity contribution in [2.75, 3.05) is 11.4 Å². The lowest BCUT2D eigenvalue weighted by Crippen LogP contribution is -2.43. The molecule has 2 aliphatic carbocycles. The molecule has 0 atom stereocenters. The van der Waals surface area contributed by atoms with Crippen molar-refractivity contribution in [3.8, 4) is 22.3 Å². The van der Waals surface area contributed by atoms with Crippen LogP contribution in [0.15, 0.2) is 140 Å². The molecule has 288 valence electrons. The van der Waals surface area contributed by atoms with Crippen LogP contribution in [0.3, 0.4) is 0 Å². The quantitative estimate of drug-likeness (QED) is 0.107. The van der Waals surface area contributed by atoms with Crippen LogP contribution in [0.4, 0.5) is 17.1 Å². The highest BCUT2D eigenvalue weighted by Gasteiger charge is 2.39. The smallest absolute Gasteiger partial charge is 0.323 e. The van der Waals surface area contributed by atoms with Crippen molar-refractivity contribution in [2.24, 2.45) is 0 Å². The van der Waals surface area contributed by atoms with E-state index in [-0.39, 0.29) is 10.8 Å². The number of hydrogen-bond acceptors (Lipinski definition) is 4. The number of imide groups is 1. The third-order valence-electron chi connectivity index (χ3n) is 13.9. The van der Waals surface area contributed by atoms with Crippen LogP contribution in [0, 0.1) is 0 Å². The highest BCUT2D eigenvalue weighted by atomic mass is 16.4. The molecule has 0 fully saturated rings. The van der Waals surface area contributed by atoms with Crippen LogP contribution in [0.25, 0.3) is 65.3 Å². The molecule has 0 unspecified atom stereocenters. The van der Waals surface area contributed by atoms with Gasteiger partial charge in [0.2, 0.25) is 0 Å². The van der Waals surface area contributed by atoms with E-state index >= 15 is 0 Å². The third kappa shape index (κ3) is 4.40. The first-order chi connectivity index (χ1) is 28.9. The molecule has 0 spiro atoms. The summed E-state index contributed by atoms with van der Waals surface area (Å²) in [5.41, 5.74) is 13.6. The average molecular weight is 779 g/mol. The molecule has 1 N–H and O–H groups in total. The summed E-state index contributed by atoms with van der Waals surface area (Å²) in [5.74, 6) is -2.42. The summed E-state index contributed by atoms with van der Waals surface area (Å²) in [5, 5.41) is 17.1. The van der Waals surface area contributed by atoms with Gasteiger partial charge >= 0.3 is 5.97 Å². The van der Waals surface area contributed by atoms with Gasteiger partial charge in [0, 0.05) is 44.4 Å². The molecule has 9 aromatic rings. The summed E-state index contributed by atoms with van der Waals surface area (Å²) < 4.78 is 0. The van der Waals surface area contributed by atoms with Crippen LogP contribution in [0.5, 0.6) is 0 Å². The molecule has 1 heterocycles. The van der Waals surface area contributed by atoms with Crippen molar-refractivity contribution < 1.29 is 19.5 Å².